The first-order valence-electron chi connectivity index (χ1n) is 8.42. The molecular formula is C19H29Cl2O2PZr. The van der Waals surface area contributed by atoms with Gasteiger partial charge in [0.15, 0.2) is 0 Å². The topological polar surface area (TPSA) is 34.1 Å². The monoisotopic (exact) mass is 480 g/mol. The van der Waals surface area contributed by atoms with Crippen molar-refractivity contribution in [2.45, 2.75) is 33.2 Å². The fraction of sp³-hybridized carbons (Fsp3) is 0.368. The average molecular weight is 483 g/mol. The van der Waals surface area contributed by atoms with E-state index in [1.165, 1.54) is 0 Å². The predicted molar refractivity (Wildman–Crippen MR) is 112 cm³/mol. The summed E-state index contributed by atoms with van der Waals surface area (Å²) < 4.78 is 38.1. The number of benzene rings is 1. The Bertz CT molecular complexity index is 954. The summed E-state index contributed by atoms with van der Waals surface area (Å²) in [6.07, 6.45) is 11.1. The van der Waals surface area contributed by atoms with Gasteiger partial charge >= 0.3 is 130 Å². The summed E-state index contributed by atoms with van der Waals surface area (Å²) in [5.41, 5.74) is 2.28. The molecule has 0 spiro atoms. The van der Waals surface area contributed by atoms with Crippen LogP contribution >= 0.6 is 29.8 Å². The third-order valence-electron chi connectivity index (χ3n) is 7.46. The molecule has 0 amide bonds. The molecule has 0 bridgehead atoms. The van der Waals surface area contributed by atoms with Crippen molar-refractivity contribution in [3.63, 3.8) is 0 Å². The van der Waals surface area contributed by atoms with E-state index in [-0.39, 0.29) is 28.4 Å². The first-order chi connectivity index (χ1) is 10.2. The van der Waals surface area contributed by atoms with Crippen LogP contribution in [0.2, 0.25) is 23.2 Å². The molecule has 0 saturated carbocycles. The van der Waals surface area contributed by atoms with Gasteiger partial charge in [0.05, 0.1) is 0 Å². The van der Waals surface area contributed by atoms with Gasteiger partial charge in [-0.1, -0.05) is 0 Å². The second-order valence-electron chi connectivity index (χ2n) is 13.2. The quantitative estimate of drug-likeness (QED) is 0.408. The molecule has 0 saturated heterocycles. The van der Waals surface area contributed by atoms with Crippen molar-refractivity contribution in [3.8, 4) is 0 Å². The van der Waals surface area contributed by atoms with Crippen LogP contribution in [0.3, 0.4) is 0 Å². The Labute approximate surface area is 154 Å². The summed E-state index contributed by atoms with van der Waals surface area (Å²) >= 11 is -5.85. The molecule has 1 aromatic rings. The first kappa shape index (κ1) is 22.8. The SMILES string of the molecule is Cl.Cl.[CH3][Zr]([CH3])([CH3])([CH3])([CH3])([C]1=CC=CC1)([CH]1C=Cc2ccccc21)[P](=O)=O. The van der Waals surface area contributed by atoms with Crippen LogP contribution in [-0.4, -0.2) is 0 Å². The third kappa shape index (κ3) is 2.39. The van der Waals surface area contributed by atoms with Crippen molar-refractivity contribution < 1.29 is 22.9 Å². The van der Waals surface area contributed by atoms with E-state index in [9.17, 15) is 9.13 Å². The van der Waals surface area contributed by atoms with Crippen molar-refractivity contribution in [1.82, 2.24) is 0 Å². The zero-order valence-corrected chi connectivity index (χ0v) is 20.5. The molecule has 1 atom stereocenters. The van der Waals surface area contributed by atoms with Gasteiger partial charge in [0.2, 0.25) is 0 Å². The van der Waals surface area contributed by atoms with Gasteiger partial charge in [-0.15, -0.1) is 24.8 Å². The number of allylic oxidation sites excluding steroid dienone is 5. The van der Waals surface area contributed by atoms with Crippen LogP contribution in [0.15, 0.2) is 51.9 Å². The molecule has 2 aliphatic rings. The number of hydrogen-bond acceptors (Lipinski definition) is 2. The van der Waals surface area contributed by atoms with Crippen molar-refractivity contribution in [2.75, 3.05) is 0 Å². The summed E-state index contributed by atoms with van der Waals surface area (Å²) in [6.45, 7) is 0. The third-order valence-corrected chi connectivity index (χ3v) is 50.1. The molecule has 0 aliphatic heterocycles. The van der Waals surface area contributed by atoms with Gasteiger partial charge in [-0.2, -0.15) is 0 Å². The van der Waals surface area contributed by atoms with Crippen molar-refractivity contribution >= 4 is 35.9 Å². The number of hydrogen-bond donors (Lipinski definition) is 0. The zero-order valence-electron chi connectivity index (χ0n) is 15.6. The maximum absolute atomic E-state index is 13.3. The van der Waals surface area contributed by atoms with E-state index in [1.54, 1.807) is 0 Å². The fourth-order valence-electron chi connectivity index (χ4n) is 4.74. The minimum atomic E-state index is -5.85. The number of fused-ring (bicyclic) bond motifs is 1. The van der Waals surface area contributed by atoms with Crippen LogP contribution < -0.4 is 0 Å². The summed E-state index contributed by atoms with van der Waals surface area (Å²) in [4.78, 5) is -2.70. The molecule has 25 heavy (non-hydrogen) atoms. The van der Waals surface area contributed by atoms with Gasteiger partial charge in [-0.05, 0) is 0 Å². The molecule has 2 nitrogen and oxygen atoms in total. The van der Waals surface area contributed by atoms with Gasteiger partial charge < -0.3 is 0 Å². The molecule has 0 heterocycles. The van der Waals surface area contributed by atoms with Gasteiger partial charge in [0.1, 0.15) is 0 Å². The van der Waals surface area contributed by atoms with E-state index < -0.39 is 18.7 Å². The van der Waals surface area contributed by atoms with E-state index in [2.05, 4.69) is 59.6 Å². The Balaban J connectivity index is 0.00000156. The summed E-state index contributed by atoms with van der Waals surface area (Å²) in [5.74, 6) is 0. The van der Waals surface area contributed by atoms with E-state index in [4.69, 9.17) is 0 Å². The Kier molecular flexibility index (Phi) is 4.06. The fourth-order valence-corrected chi connectivity index (χ4v) is 26.2. The van der Waals surface area contributed by atoms with Crippen molar-refractivity contribution in [2.24, 2.45) is 0 Å². The van der Waals surface area contributed by atoms with Crippen LogP contribution in [0.1, 0.15) is 21.2 Å². The second kappa shape index (κ2) is 4.44. The Morgan fingerprint density at radius 3 is 2.12 bits per heavy atom. The molecule has 140 valence electrons. The molecule has 3 rings (SSSR count). The molecule has 0 radical (unpaired) electrons. The van der Waals surface area contributed by atoms with Gasteiger partial charge in [-0.3, -0.25) is 0 Å². The van der Waals surface area contributed by atoms with Crippen LogP contribution in [0.4, 0.5) is 0 Å². The van der Waals surface area contributed by atoms with E-state index in [0.29, 0.717) is 0 Å². The number of rotatable bonds is 3. The van der Waals surface area contributed by atoms with Gasteiger partial charge in [0, 0.05) is 0 Å². The molecular weight excluding hydrogens is 453 g/mol. The maximum atomic E-state index is 13.3. The summed E-state index contributed by atoms with van der Waals surface area (Å²) in [5, 5.41) is 0. The standard InChI is InChI=1S/C9H7.C5H5.5CH3.2ClH.O2P.Zr/c1-2-5-9-7-3-6-8(9)4-1;1-2-4-5-3-1;;;;;;;;1-3-2;/h1-7H;1-3H,4H2;5*1H3;2*1H;;. The van der Waals surface area contributed by atoms with Crippen LogP contribution in [0.5, 0.6) is 0 Å². The zero-order chi connectivity index (χ0) is 17.3. The molecule has 0 aromatic heterocycles. The second-order valence-corrected chi connectivity index (χ2v) is 80.8. The first-order valence-corrected chi connectivity index (χ1v) is 27.8. The van der Waals surface area contributed by atoms with E-state index in [1.807, 2.05) is 18.2 Å². The molecule has 1 unspecified atom stereocenters. The van der Waals surface area contributed by atoms with Crippen LogP contribution in [-0.2, 0) is 22.9 Å². The average Bonchev–Trinajstić information content (AvgIpc) is 3.09. The molecule has 0 N–H and O–H groups in total. The number of halogens is 2. The summed E-state index contributed by atoms with van der Waals surface area (Å²) in [7, 11) is 0. The van der Waals surface area contributed by atoms with Gasteiger partial charge in [-0.25, -0.2) is 0 Å². The van der Waals surface area contributed by atoms with E-state index >= 15 is 0 Å². The minimum absolute atomic E-state index is 0. The Morgan fingerprint density at radius 2 is 1.60 bits per heavy atom. The van der Waals surface area contributed by atoms with Crippen molar-refractivity contribution in [1.29, 1.82) is 0 Å². The van der Waals surface area contributed by atoms with Crippen molar-refractivity contribution in [3.05, 3.63) is 63.0 Å². The summed E-state index contributed by atoms with van der Waals surface area (Å²) in [6, 6.07) is 8.19. The van der Waals surface area contributed by atoms with Crippen LogP contribution in [0.25, 0.3) is 6.08 Å². The molecule has 2 aliphatic carbocycles. The Hall–Kier alpha value is -0.197. The van der Waals surface area contributed by atoms with Gasteiger partial charge in [0.25, 0.3) is 0 Å². The Morgan fingerprint density at radius 1 is 1.00 bits per heavy atom. The molecule has 6 heteroatoms. The van der Waals surface area contributed by atoms with Crippen LogP contribution in [0, 0.1) is 0 Å². The normalized spacial score (nSPS) is 24.4. The predicted octanol–water partition coefficient (Wildman–Crippen LogP) is 8.07. The molecule has 0 fully saturated rings. The molecule has 1 aromatic carbocycles. The van der Waals surface area contributed by atoms with E-state index in [0.717, 1.165) is 20.8 Å².